The largest absolute Gasteiger partial charge is 0 e. The molecule has 0 aliphatic heterocycles. The third-order valence-electron chi connectivity index (χ3n) is 0. The van der Waals surface area contributed by atoms with Crippen molar-refractivity contribution in [2.45, 2.75) is 0 Å². The molecule has 0 radical (unpaired) electrons. The van der Waals surface area contributed by atoms with Crippen LogP contribution in [0.1, 0.15) is 0 Å². The van der Waals surface area contributed by atoms with Crippen molar-refractivity contribution in [1.82, 2.24) is 0 Å². The summed E-state index contributed by atoms with van der Waals surface area (Å²) in [6.07, 6.45) is 0. The molecule has 0 bridgehead atoms. The van der Waals surface area contributed by atoms with E-state index in [2.05, 4.69) is 0 Å². The first-order valence-electron chi connectivity index (χ1n) is 0. The molecule has 0 unspecified atom stereocenters. The molecule has 0 saturated heterocycles. The first-order valence-corrected chi connectivity index (χ1v) is 0. The minimum atomic E-state index is 0. The molecule has 0 saturated carbocycles. The average molecular weight is 8640 g/mol. The van der Waals surface area contributed by atoms with Gasteiger partial charge >= 0.3 is 0 Å². The van der Waals surface area contributed by atoms with Crippen LogP contribution in [0.4, 0.5) is 0 Å². The van der Waals surface area contributed by atoms with Crippen LogP contribution in [-0.4, -0.2) is 0 Å². The standard InChI is InChI=1S/47W. The molecule has 282 valence electrons. The van der Waals surface area contributed by atoms with Crippen LogP contribution in [0, 0.1) is 0 Å². The van der Waals surface area contributed by atoms with Crippen molar-refractivity contribution in [2.75, 3.05) is 0 Å². The van der Waals surface area contributed by atoms with E-state index in [0.29, 0.717) is 0 Å². The minimum absolute atomic E-state index is 0. The van der Waals surface area contributed by atoms with Crippen molar-refractivity contribution in [2.24, 2.45) is 0 Å². The van der Waals surface area contributed by atoms with E-state index in [0.717, 1.165) is 0 Å². The quantitative estimate of drug-likeness (QED) is 0.318. The van der Waals surface area contributed by atoms with Crippen LogP contribution in [0.2, 0.25) is 0 Å². The maximum absolute atomic E-state index is 0. The molecule has 0 rings (SSSR count). The zero-order chi connectivity index (χ0) is 0. The van der Waals surface area contributed by atoms with Crippen LogP contribution in [-0.2, 0) is 990 Å². The van der Waals surface area contributed by atoms with Gasteiger partial charge in [-0.1, -0.05) is 0 Å². The van der Waals surface area contributed by atoms with Crippen LogP contribution in [0.15, 0.2) is 0 Å². The monoisotopic (exact) mass is 8650 g/mol. The second-order valence-electron chi connectivity index (χ2n) is 0. The van der Waals surface area contributed by atoms with Gasteiger partial charge in [-0.2, -0.15) is 0 Å². The Labute approximate surface area is 960 Å². The summed E-state index contributed by atoms with van der Waals surface area (Å²) in [6.45, 7) is 0. The fourth-order valence-electron chi connectivity index (χ4n) is 0. The van der Waals surface area contributed by atoms with Gasteiger partial charge in [-0.25, -0.2) is 0 Å². The molecular formula is W47. The first kappa shape index (κ1) is 465. The molecule has 0 spiro atoms. The summed E-state index contributed by atoms with van der Waals surface area (Å²) in [5, 5.41) is 0. The van der Waals surface area contributed by atoms with Gasteiger partial charge in [-0.15, -0.1) is 0 Å². The van der Waals surface area contributed by atoms with Gasteiger partial charge in [0.05, 0.1) is 0 Å². The molecule has 0 N–H and O–H groups in total. The Kier molecular flexibility index (Phi) is 4440. The van der Waals surface area contributed by atoms with Crippen molar-refractivity contribution >= 4 is 0 Å². The molecule has 47 heavy (non-hydrogen) atoms. The van der Waals surface area contributed by atoms with Gasteiger partial charge in [-0.05, 0) is 0 Å². The van der Waals surface area contributed by atoms with Crippen LogP contribution < -0.4 is 0 Å². The van der Waals surface area contributed by atoms with Crippen molar-refractivity contribution in [3.05, 3.63) is 0 Å². The average Bonchev–Trinajstić information content (AvgIpc) is 0. The fourth-order valence-corrected chi connectivity index (χ4v) is 0. The molecule has 0 aliphatic carbocycles. The fraction of sp³-hybridized carbons (Fsp3) is 0. The maximum Gasteiger partial charge on any atom is 0 e. The molecule has 47 heteroatoms. The van der Waals surface area contributed by atoms with Gasteiger partial charge in [0.25, 0.3) is 0 Å². The minimum Gasteiger partial charge on any atom is 0 e. The van der Waals surface area contributed by atoms with Crippen molar-refractivity contribution in [3.8, 4) is 0 Å². The normalized spacial score (nSPS) is 0. The summed E-state index contributed by atoms with van der Waals surface area (Å²) < 4.78 is 0. The van der Waals surface area contributed by atoms with Crippen molar-refractivity contribution < 1.29 is 990 Å². The summed E-state index contributed by atoms with van der Waals surface area (Å²) in [5.74, 6) is 0. The third-order valence-corrected chi connectivity index (χ3v) is 0. The summed E-state index contributed by atoms with van der Waals surface area (Å²) in [4.78, 5) is 0. The summed E-state index contributed by atoms with van der Waals surface area (Å²) in [5.41, 5.74) is 0. The van der Waals surface area contributed by atoms with Gasteiger partial charge in [-0.3, -0.25) is 0 Å². The van der Waals surface area contributed by atoms with E-state index in [-0.39, 0.29) is 990 Å². The Balaban J connectivity index is 0. The molecule has 0 atom stereocenters. The van der Waals surface area contributed by atoms with Gasteiger partial charge in [0.15, 0.2) is 0 Å². The SMILES string of the molecule is [W].[W].[W].[W].[W].[W].[W].[W].[W].[W].[W].[W].[W].[W].[W].[W].[W].[W].[W].[W].[W].[W].[W].[W].[W].[W].[W].[W].[W].[W].[W].[W].[W].[W].[W].[W].[W].[W].[W].[W].[W].[W].[W].[W].[W].[W].[W]. The Morgan fingerprint density at radius 3 is 0.0213 bits per heavy atom. The predicted octanol–water partition coefficient (Wildman–Crippen LogP) is -0.118. The van der Waals surface area contributed by atoms with Crippen molar-refractivity contribution in [3.63, 3.8) is 0 Å². The Bertz CT molecular complexity index is 0. The van der Waals surface area contributed by atoms with E-state index < -0.39 is 0 Å². The Morgan fingerprint density at radius 2 is 0.0213 bits per heavy atom. The van der Waals surface area contributed by atoms with Crippen LogP contribution in [0.3, 0.4) is 0 Å². The van der Waals surface area contributed by atoms with Gasteiger partial charge in [0.2, 0.25) is 0 Å². The second kappa shape index (κ2) is 448. The molecule has 0 aromatic carbocycles. The number of hydrogen-bond donors (Lipinski definition) is 0. The van der Waals surface area contributed by atoms with Crippen LogP contribution in [0.5, 0.6) is 0 Å². The third kappa shape index (κ3) is 436. The molecule has 0 aromatic heterocycles. The van der Waals surface area contributed by atoms with Gasteiger partial charge in [0.1, 0.15) is 0 Å². The molecule has 0 fully saturated rings. The van der Waals surface area contributed by atoms with E-state index in [1.165, 1.54) is 0 Å². The van der Waals surface area contributed by atoms with E-state index in [9.17, 15) is 0 Å². The smallest absolute Gasteiger partial charge is 0 e. The predicted molar refractivity (Wildman–Crippen MR) is 0 cm³/mol. The molecule has 0 heterocycles. The number of rotatable bonds is 0. The Hall–Kier alpha value is 32.4. The van der Waals surface area contributed by atoms with Crippen LogP contribution >= 0.6 is 0 Å². The molecule has 0 aliphatic rings. The van der Waals surface area contributed by atoms with E-state index >= 15 is 0 Å². The van der Waals surface area contributed by atoms with Gasteiger partial charge in [0, 0.05) is 990 Å². The van der Waals surface area contributed by atoms with E-state index in [1.807, 2.05) is 0 Å². The summed E-state index contributed by atoms with van der Waals surface area (Å²) >= 11 is 0. The van der Waals surface area contributed by atoms with E-state index in [1.54, 1.807) is 0 Å². The molecule has 0 aromatic rings. The summed E-state index contributed by atoms with van der Waals surface area (Å²) in [7, 11) is 0. The number of hydrogen-bond acceptors (Lipinski definition) is 0. The topological polar surface area (TPSA) is 0 Å². The first-order chi connectivity index (χ1) is 0. The van der Waals surface area contributed by atoms with Crippen molar-refractivity contribution in [1.29, 1.82) is 0 Å². The second-order valence-corrected chi connectivity index (χ2v) is 0. The van der Waals surface area contributed by atoms with Gasteiger partial charge < -0.3 is 0 Å². The zero-order valence-corrected chi connectivity index (χ0v) is 157. The maximum atomic E-state index is 0. The molecule has 0 amide bonds. The Morgan fingerprint density at radius 1 is 0.0213 bits per heavy atom. The van der Waals surface area contributed by atoms with Crippen LogP contribution in [0.25, 0.3) is 0 Å². The van der Waals surface area contributed by atoms with E-state index in [4.69, 9.17) is 0 Å². The molecule has 0 nitrogen and oxygen atoms in total. The summed E-state index contributed by atoms with van der Waals surface area (Å²) in [6, 6.07) is 0. The molecular weight excluding hydrogens is 8640 g/mol. The zero-order valence-electron chi connectivity index (χ0n) is 19.2.